The van der Waals surface area contributed by atoms with Crippen molar-refractivity contribution in [3.63, 3.8) is 0 Å². The van der Waals surface area contributed by atoms with Crippen LogP contribution in [0.1, 0.15) is 39.8 Å². The van der Waals surface area contributed by atoms with Crippen LogP contribution >= 0.6 is 11.8 Å². The predicted octanol–water partition coefficient (Wildman–Crippen LogP) is 7.71. The van der Waals surface area contributed by atoms with Crippen molar-refractivity contribution in [3.05, 3.63) is 215 Å². The van der Waals surface area contributed by atoms with E-state index in [0.29, 0.717) is 0 Å². The Morgan fingerprint density at radius 1 is 0.491 bits per heavy atom. The van der Waals surface area contributed by atoms with Gasteiger partial charge in [0.05, 0.1) is 22.7 Å². The van der Waals surface area contributed by atoms with Crippen LogP contribution in [0.2, 0.25) is 0 Å². The Bertz CT molecular complexity index is 1890. The Morgan fingerprint density at radius 2 is 0.811 bits per heavy atom. The molecule has 1 amide bonds. The molecule has 0 radical (unpaired) electrons. The summed E-state index contributed by atoms with van der Waals surface area (Å²) in [6.07, 6.45) is -0.774. The number of carbonyl (C=O) groups is 3. The van der Waals surface area contributed by atoms with E-state index in [-0.39, 0.29) is 5.75 Å². The lowest BCUT2D eigenvalue weighted by atomic mass is 9.76. The van der Waals surface area contributed by atoms with Gasteiger partial charge in [0.15, 0.2) is 0 Å². The SMILES string of the molecule is O=C(O)C[C@@H](NC(=O)[C@@H](CSC(c1ccccc1)(c1ccccc1)c1ccccc1)NC(c1ccccc1)(c1ccccc1)c1ccccc1)C(=O)O. The molecule has 4 N–H and O–H groups in total. The zero-order valence-corrected chi connectivity index (χ0v) is 29.7. The first-order chi connectivity index (χ1) is 25.8. The van der Waals surface area contributed by atoms with Crippen LogP contribution in [0.15, 0.2) is 182 Å². The van der Waals surface area contributed by atoms with Crippen molar-refractivity contribution in [2.24, 2.45) is 0 Å². The maximum atomic E-state index is 14.7. The third kappa shape index (κ3) is 8.09. The van der Waals surface area contributed by atoms with Crippen LogP contribution in [0, 0.1) is 0 Å². The lowest BCUT2D eigenvalue weighted by molar-refractivity contribution is -0.147. The number of amides is 1. The quantitative estimate of drug-likeness (QED) is 0.0758. The Hall–Kier alpha value is -5.96. The maximum Gasteiger partial charge on any atom is 0.326 e. The Morgan fingerprint density at radius 3 is 1.11 bits per heavy atom. The van der Waals surface area contributed by atoms with Gasteiger partial charge in [0, 0.05) is 5.75 Å². The van der Waals surface area contributed by atoms with E-state index in [1.807, 2.05) is 146 Å². The summed E-state index contributed by atoms with van der Waals surface area (Å²) in [6.45, 7) is 0. The number of benzene rings is 6. The molecule has 0 aliphatic rings. The third-order valence-corrected chi connectivity index (χ3v) is 11.0. The lowest BCUT2D eigenvalue weighted by Crippen LogP contribution is -2.58. The minimum absolute atomic E-state index is 0.151. The number of carboxylic acid groups (broad SMARTS) is 2. The van der Waals surface area contributed by atoms with Crippen molar-refractivity contribution in [3.8, 4) is 0 Å². The molecule has 0 bridgehead atoms. The van der Waals surface area contributed by atoms with E-state index in [1.165, 1.54) is 0 Å². The molecule has 0 saturated carbocycles. The Kier molecular flexibility index (Phi) is 11.8. The number of rotatable bonds is 16. The van der Waals surface area contributed by atoms with Gasteiger partial charge in [-0.2, -0.15) is 0 Å². The monoisotopic (exact) mass is 720 g/mol. The molecule has 0 aliphatic heterocycles. The molecule has 6 aromatic carbocycles. The largest absolute Gasteiger partial charge is 0.481 e. The van der Waals surface area contributed by atoms with Gasteiger partial charge in [-0.25, -0.2) is 4.79 Å². The highest BCUT2D eigenvalue weighted by Gasteiger charge is 2.43. The van der Waals surface area contributed by atoms with E-state index >= 15 is 0 Å². The molecule has 0 aliphatic carbocycles. The van der Waals surface area contributed by atoms with Crippen LogP contribution in [0.25, 0.3) is 0 Å². The van der Waals surface area contributed by atoms with Gasteiger partial charge >= 0.3 is 11.9 Å². The zero-order valence-electron chi connectivity index (χ0n) is 28.9. The predicted molar refractivity (Wildman–Crippen MR) is 210 cm³/mol. The highest BCUT2D eigenvalue weighted by atomic mass is 32.2. The first kappa shape index (κ1) is 36.8. The Labute approximate surface area is 313 Å². The molecule has 266 valence electrons. The van der Waals surface area contributed by atoms with Crippen molar-refractivity contribution in [1.82, 2.24) is 10.6 Å². The van der Waals surface area contributed by atoms with Gasteiger partial charge in [0.2, 0.25) is 5.91 Å². The fourth-order valence-electron chi connectivity index (χ4n) is 6.88. The summed E-state index contributed by atoms with van der Waals surface area (Å²) in [5.74, 6) is -3.25. The first-order valence-electron chi connectivity index (χ1n) is 17.3. The van der Waals surface area contributed by atoms with Gasteiger partial charge in [-0.05, 0) is 33.4 Å². The maximum absolute atomic E-state index is 14.7. The van der Waals surface area contributed by atoms with E-state index in [1.54, 1.807) is 11.8 Å². The fraction of sp³-hybridized carbons (Fsp3) is 0.133. The average molecular weight is 721 g/mol. The van der Waals surface area contributed by atoms with Crippen LogP contribution in [-0.2, 0) is 24.7 Å². The number of aliphatic carboxylic acids is 2. The fourth-order valence-corrected chi connectivity index (χ4v) is 8.44. The normalized spacial score (nSPS) is 12.7. The summed E-state index contributed by atoms with van der Waals surface area (Å²) in [7, 11) is 0. The molecular weight excluding hydrogens is 681 g/mol. The van der Waals surface area contributed by atoms with Crippen LogP contribution in [0.3, 0.4) is 0 Å². The molecule has 2 atom stereocenters. The van der Waals surface area contributed by atoms with Gasteiger partial charge in [-0.3, -0.25) is 14.9 Å². The smallest absolute Gasteiger partial charge is 0.326 e. The summed E-state index contributed by atoms with van der Waals surface area (Å²) >= 11 is 1.55. The lowest BCUT2D eigenvalue weighted by Gasteiger charge is -2.41. The van der Waals surface area contributed by atoms with Gasteiger partial charge < -0.3 is 15.5 Å². The standard InChI is InChI=1S/C45H40N2O5S/c48-41(49)31-39(43(51)52)46-42(50)40(47-44(33-19-7-1-8-20-33,34-21-9-2-10-22-34)35-23-11-3-12-24-35)32-53-45(36-25-13-4-14-26-36,37-27-15-5-16-28-37)38-29-17-6-18-30-38/h1-30,39-40,47H,31-32H2,(H,46,50)(H,48,49)(H,51,52)/t39-,40-/m1/s1. The van der Waals surface area contributed by atoms with Gasteiger partial charge in [-0.1, -0.05) is 182 Å². The van der Waals surface area contributed by atoms with Crippen molar-refractivity contribution in [2.45, 2.75) is 28.8 Å². The summed E-state index contributed by atoms with van der Waals surface area (Å²) in [5.41, 5.74) is 4.49. The minimum Gasteiger partial charge on any atom is -0.481 e. The van der Waals surface area contributed by atoms with Crippen LogP contribution in [0.4, 0.5) is 0 Å². The van der Waals surface area contributed by atoms with Gasteiger partial charge in [-0.15, -0.1) is 11.8 Å². The third-order valence-electron chi connectivity index (χ3n) is 9.33. The van der Waals surface area contributed by atoms with E-state index in [0.717, 1.165) is 33.4 Å². The molecule has 0 heterocycles. The molecule has 0 saturated heterocycles. The molecule has 7 nitrogen and oxygen atoms in total. The van der Waals surface area contributed by atoms with E-state index in [4.69, 9.17) is 0 Å². The highest BCUT2D eigenvalue weighted by molar-refractivity contribution is 8.00. The highest BCUT2D eigenvalue weighted by Crippen LogP contribution is 2.49. The van der Waals surface area contributed by atoms with Crippen LogP contribution in [-0.4, -0.2) is 45.9 Å². The second kappa shape index (κ2) is 17.0. The number of nitrogens with one attached hydrogen (secondary N) is 2. The Balaban J connectivity index is 1.55. The molecule has 6 rings (SSSR count). The van der Waals surface area contributed by atoms with Gasteiger partial charge in [0.25, 0.3) is 0 Å². The number of thioether (sulfide) groups is 1. The molecule has 8 heteroatoms. The zero-order chi connectivity index (χ0) is 37.1. The van der Waals surface area contributed by atoms with Crippen molar-refractivity contribution in [2.75, 3.05) is 5.75 Å². The first-order valence-corrected chi connectivity index (χ1v) is 18.3. The number of carbonyl (C=O) groups excluding carboxylic acids is 1. The molecule has 0 unspecified atom stereocenters. The number of hydrogen-bond donors (Lipinski definition) is 4. The summed E-state index contributed by atoms with van der Waals surface area (Å²) in [4.78, 5) is 38.7. The molecule has 0 aromatic heterocycles. The van der Waals surface area contributed by atoms with Crippen molar-refractivity contribution in [1.29, 1.82) is 0 Å². The molecule has 6 aromatic rings. The second-order valence-electron chi connectivity index (χ2n) is 12.6. The summed E-state index contributed by atoms with van der Waals surface area (Å²) < 4.78 is -0.799. The van der Waals surface area contributed by atoms with Crippen LogP contribution < -0.4 is 10.6 Å². The molecule has 53 heavy (non-hydrogen) atoms. The van der Waals surface area contributed by atoms with Gasteiger partial charge in [0.1, 0.15) is 6.04 Å². The average Bonchev–Trinajstić information content (AvgIpc) is 3.21. The van der Waals surface area contributed by atoms with E-state index < -0.39 is 46.6 Å². The molecular formula is C45H40N2O5S. The van der Waals surface area contributed by atoms with Crippen molar-refractivity contribution < 1.29 is 24.6 Å². The number of hydrogen-bond acceptors (Lipinski definition) is 5. The second-order valence-corrected chi connectivity index (χ2v) is 13.9. The van der Waals surface area contributed by atoms with Crippen molar-refractivity contribution >= 4 is 29.6 Å². The molecule has 0 spiro atoms. The van der Waals surface area contributed by atoms with Crippen LogP contribution in [0.5, 0.6) is 0 Å². The van der Waals surface area contributed by atoms with E-state index in [9.17, 15) is 24.6 Å². The minimum atomic E-state index is -1.64. The number of carboxylic acids is 2. The topological polar surface area (TPSA) is 116 Å². The van der Waals surface area contributed by atoms with E-state index in [2.05, 4.69) is 47.0 Å². The summed E-state index contributed by atoms with van der Waals surface area (Å²) in [5, 5.41) is 25.9. The molecule has 0 fully saturated rings. The summed E-state index contributed by atoms with van der Waals surface area (Å²) in [6, 6.07) is 57.1.